The van der Waals surface area contributed by atoms with Crippen LogP contribution in [0, 0.1) is 0 Å². The van der Waals surface area contributed by atoms with Crippen LogP contribution in [-0.2, 0) is 6.54 Å². The first-order valence-electron chi connectivity index (χ1n) is 6.79. The van der Waals surface area contributed by atoms with Gasteiger partial charge in [0, 0.05) is 12.3 Å². The van der Waals surface area contributed by atoms with Gasteiger partial charge in [-0.3, -0.25) is 5.43 Å². The third kappa shape index (κ3) is 3.19. The molecule has 0 atom stereocenters. The summed E-state index contributed by atoms with van der Waals surface area (Å²) in [6.45, 7) is 0.928. The Kier molecular flexibility index (Phi) is 4.01. The molecule has 20 heavy (non-hydrogen) atoms. The van der Waals surface area contributed by atoms with E-state index in [-0.39, 0.29) is 0 Å². The van der Waals surface area contributed by atoms with E-state index in [1.807, 2.05) is 18.2 Å². The highest BCUT2D eigenvalue weighted by Crippen LogP contribution is 2.32. The van der Waals surface area contributed by atoms with Crippen LogP contribution in [0.5, 0.6) is 11.5 Å². The summed E-state index contributed by atoms with van der Waals surface area (Å²) in [5.74, 6) is 1.58. The van der Waals surface area contributed by atoms with Crippen LogP contribution in [0.1, 0.15) is 31.2 Å². The molecule has 0 unspecified atom stereocenters. The van der Waals surface area contributed by atoms with Crippen LogP contribution in [0.25, 0.3) is 0 Å². The van der Waals surface area contributed by atoms with Crippen molar-refractivity contribution in [2.75, 3.05) is 6.79 Å². The molecular weight excluding hydrogens is 274 g/mol. The normalized spacial score (nSPS) is 16.1. The molecule has 5 nitrogen and oxygen atoms in total. The summed E-state index contributed by atoms with van der Waals surface area (Å²) in [6, 6.07) is 5.86. The Morgan fingerprint density at radius 3 is 2.85 bits per heavy atom. The Hall–Kier alpha value is -1.82. The first kappa shape index (κ1) is 13.2. The Morgan fingerprint density at radius 2 is 2.00 bits per heavy atom. The molecule has 0 radical (unpaired) electrons. The molecule has 3 rings (SSSR count). The number of benzene rings is 1. The summed E-state index contributed by atoms with van der Waals surface area (Å²) in [7, 11) is 0. The number of hydrazone groups is 1. The topological polar surface area (TPSA) is 54.9 Å². The Morgan fingerprint density at radius 1 is 1.20 bits per heavy atom. The van der Waals surface area contributed by atoms with E-state index in [2.05, 4.69) is 15.8 Å². The molecular formula is C14H17N3O2S. The molecule has 1 aromatic carbocycles. The molecule has 1 fully saturated rings. The lowest BCUT2D eigenvalue weighted by atomic mass is 10.2. The average Bonchev–Trinajstić information content (AvgIpc) is 3.13. The summed E-state index contributed by atoms with van der Waals surface area (Å²) < 4.78 is 10.6. The van der Waals surface area contributed by atoms with Gasteiger partial charge in [-0.2, -0.15) is 5.10 Å². The van der Waals surface area contributed by atoms with Crippen molar-refractivity contribution in [1.82, 2.24) is 10.7 Å². The fraction of sp³-hybridized carbons (Fsp3) is 0.429. The third-order valence-electron chi connectivity index (χ3n) is 3.39. The third-order valence-corrected chi connectivity index (χ3v) is 3.62. The Balaban J connectivity index is 1.49. The molecule has 2 aliphatic rings. The second-order valence-corrected chi connectivity index (χ2v) is 5.28. The van der Waals surface area contributed by atoms with Crippen LogP contribution in [0.4, 0.5) is 0 Å². The molecule has 1 aliphatic heterocycles. The second kappa shape index (κ2) is 6.09. The molecule has 2 N–H and O–H groups in total. The average molecular weight is 291 g/mol. The van der Waals surface area contributed by atoms with Crippen LogP contribution < -0.4 is 20.2 Å². The van der Waals surface area contributed by atoms with Gasteiger partial charge in [-0.15, -0.1) is 0 Å². The van der Waals surface area contributed by atoms with Gasteiger partial charge >= 0.3 is 0 Å². The van der Waals surface area contributed by atoms with E-state index < -0.39 is 0 Å². The lowest BCUT2D eigenvalue weighted by molar-refractivity contribution is 0.174. The fourth-order valence-electron chi connectivity index (χ4n) is 2.30. The number of hydrogen-bond acceptors (Lipinski definition) is 4. The number of nitrogens with one attached hydrogen (secondary N) is 2. The minimum atomic E-state index is 0.295. The molecule has 0 bridgehead atoms. The first-order valence-corrected chi connectivity index (χ1v) is 7.20. The van der Waals surface area contributed by atoms with Gasteiger partial charge in [0.1, 0.15) is 0 Å². The maximum absolute atomic E-state index is 5.34. The Labute approximate surface area is 123 Å². The zero-order valence-electron chi connectivity index (χ0n) is 11.1. The van der Waals surface area contributed by atoms with Gasteiger partial charge < -0.3 is 14.8 Å². The molecule has 1 aliphatic carbocycles. The van der Waals surface area contributed by atoms with E-state index in [4.69, 9.17) is 21.7 Å². The van der Waals surface area contributed by atoms with Crippen molar-refractivity contribution in [3.63, 3.8) is 0 Å². The molecule has 0 spiro atoms. The van der Waals surface area contributed by atoms with E-state index in [9.17, 15) is 0 Å². The molecule has 6 heteroatoms. The zero-order chi connectivity index (χ0) is 13.8. The van der Waals surface area contributed by atoms with Crippen molar-refractivity contribution in [2.24, 2.45) is 5.10 Å². The first-order chi connectivity index (χ1) is 9.81. The predicted molar refractivity (Wildman–Crippen MR) is 81.0 cm³/mol. The number of nitrogens with zero attached hydrogens (tertiary/aromatic N) is 1. The van der Waals surface area contributed by atoms with Crippen molar-refractivity contribution in [3.05, 3.63) is 23.8 Å². The number of thiocarbonyl (C=S) groups is 1. The van der Waals surface area contributed by atoms with Gasteiger partial charge in [-0.1, -0.05) is 6.07 Å². The summed E-state index contributed by atoms with van der Waals surface area (Å²) in [5, 5.41) is 7.99. The summed E-state index contributed by atoms with van der Waals surface area (Å²) in [4.78, 5) is 0. The SMILES string of the molecule is S=C(NCc1ccc2c(c1)OCO2)NN=C1CCCC1. The van der Waals surface area contributed by atoms with E-state index in [1.54, 1.807) is 0 Å². The van der Waals surface area contributed by atoms with E-state index in [0.717, 1.165) is 29.9 Å². The van der Waals surface area contributed by atoms with Crippen LogP contribution >= 0.6 is 12.2 Å². The van der Waals surface area contributed by atoms with Gasteiger partial charge in [-0.05, 0) is 55.6 Å². The smallest absolute Gasteiger partial charge is 0.231 e. The molecule has 1 heterocycles. The monoisotopic (exact) mass is 291 g/mol. The van der Waals surface area contributed by atoms with Crippen molar-refractivity contribution in [2.45, 2.75) is 32.2 Å². The van der Waals surface area contributed by atoms with Gasteiger partial charge in [0.25, 0.3) is 0 Å². The van der Waals surface area contributed by atoms with Crippen LogP contribution in [0.3, 0.4) is 0 Å². The minimum absolute atomic E-state index is 0.295. The van der Waals surface area contributed by atoms with Crippen molar-refractivity contribution < 1.29 is 9.47 Å². The highest BCUT2D eigenvalue weighted by atomic mass is 32.1. The number of ether oxygens (including phenoxy) is 2. The largest absolute Gasteiger partial charge is 0.454 e. The minimum Gasteiger partial charge on any atom is -0.454 e. The predicted octanol–water partition coefficient (Wildman–Crippen LogP) is 2.31. The lowest BCUT2D eigenvalue weighted by Gasteiger charge is -2.08. The number of rotatable bonds is 3. The molecule has 0 amide bonds. The van der Waals surface area contributed by atoms with Crippen molar-refractivity contribution in [3.8, 4) is 11.5 Å². The highest BCUT2D eigenvalue weighted by Gasteiger charge is 2.13. The molecule has 1 aromatic rings. The van der Waals surface area contributed by atoms with Crippen LogP contribution in [-0.4, -0.2) is 17.6 Å². The number of fused-ring (bicyclic) bond motifs is 1. The molecule has 106 valence electrons. The standard InChI is InChI=1S/C14H17N3O2S/c20-14(17-16-11-3-1-2-4-11)15-8-10-5-6-12-13(7-10)19-9-18-12/h5-7H,1-4,8-9H2,(H2,15,17,20). The van der Waals surface area contributed by atoms with E-state index >= 15 is 0 Å². The van der Waals surface area contributed by atoms with Gasteiger partial charge in [0.15, 0.2) is 16.6 Å². The molecule has 0 saturated heterocycles. The second-order valence-electron chi connectivity index (χ2n) is 4.87. The summed E-state index contributed by atoms with van der Waals surface area (Å²) >= 11 is 5.20. The fourth-order valence-corrected chi connectivity index (χ4v) is 2.42. The van der Waals surface area contributed by atoms with Crippen LogP contribution in [0.2, 0.25) is 0 Å². The van der Waals surface area contributed by atoms with E-state index in [1.165, 1.54) is 18.6 Å². The zero-order valence-corrected chi connectivity index (χ0v) is 12.0. The number of hydrogen-bond donors (Lipinski definition) is 2. The molecule has 0 aromatic heterocycles. The van der Waals surface area contributed by atoms with Crippen LogP contribution in [0.15, 0.2) is 23.3 Å². The van der Waals surface area contributed by atoms with Crippen molar-refractivity contribution >= 4 is 23.0 Å². The highest BCUT2D eigenvalue weighted by molar-refractivity contribution is 7.80. The summed E-state index contributed by atoms with van der Waals surface area (Å²) in [6.07, 6.45) is 4.63. The van der Waals surface area contributed by atoms with Gasteiger partial charge in [-0.25, -0.2) is 0 Å². The van der Waals surface area contributed by atoms with Crippen molar-refractivity contribution in [1.29, 1.82) is 0 Å². The lowest BCUT2D eigenvalue weighted by Crippen LogP contribution is -2.32. The molecule has 1 saturated carbocycles. The van der Waals surface area contributed by atoms with Gasteiger partial charge in [0.05, 0.1) is 0 Å². The maximum atomic E-state index is 5.34. The van der Waals surface area contributed by atoms with E-state index in [0.29, 0.717) is 18.5 Å². The van der Waals surface area contributed by atoms with Gasteiger partial charge in [0.2, 0.25) is 6.79 Å². The summed E-state index contributed by atoms with van der Waals surface area (Å²) in [5.41, 5.74) is 5.20. The maximum Gasteiger partial charge on any atom is 0.231 e. The Bertz CT molecular complexity index is 537. The quantitative estimate of drug-likeness (QED) is 0.661.